The Morgan fingerprint density at radius 3 is 2.80 bits per heavy atom. The third kappa shape index (κ3) is 3.75. The first-order valence-electron chi connectivity index (χ1n) is 7.40. The van der Waals surface area contributed by atoms with E-state index in [9.17, 15) is 8.42 Å². The van der Waals surface area contributed by atoms with Gasteiger partial charge in [0.1, 0.15) is 0 Å². The lowest BCUT2D eigenvalue weighted by Crippen LogP contribution is -2.16. The molecule has 1 aromatic rings. The molecule has 1 aliphatic heterocycles. The van der Waals surface area contributed by atoms with Crippen molar-refractivity contribution < 1.29 is 8.42 Å². The molecule has 1 saturated heterocycles. The molecule has 6 heteroatoms. The molecule has 20 heavy (non-hydrogen) atoms. The summed E-state index contributed by atoms with van der Waals surface area (Å²) in [5, 5.41) is 7.83. The molecule has 1 aliphatic rings. The smallest absolute Gasteiger partial charge is 0.150 e. The lowest BCUT2D eigenvalue weighted by atomic mass is 10.1. The summed E-state index contributed by atoms with van der Waals surface area (Å²) in [7, 11) is -2.79. The maximum Gasteiger partial charge on any atom is 0.150 e. The number of anilines is 1. The van der Waals surface area contributed by atoms with Crippen LogP contribution >= 0.6 is 0 Å². The molecule has 2 heterocycles. The van der Waals surface area contributed by atoms with Gasteiger partial charge in [-0.2, -0.15) is 5.10 Å². The van der Waals surface area contributed by atoms with E-state index >= 15 is 0 Å². The highest BCUT2D eigenvalue weighted by atomic mass is 32.2. The zero-order valence-electron chi connectivity index (χ0n) is 12.6. The number of nitrogens with zero attached hydrogens (tertiary/aromatic N) is 2. The summed E-state index contributed by atoms with van der Waals surface area (Å²) in [6, 6.07) is 0. The van der Waals surface area contributed by atoms with E-state index in [4.69, 9.17) is 0 Å². The Kier molecular flexibility index (Phi) is 4.73. The number of sulfone groups is 1. The van der Waals surface area contributed by atoms with E-state index in [0.717, 1.165) is 31.6 Å². The molecule has 0 aromatic carbocycles. The molecule has 0 aliphatic carbocycles. The Hall–Kier alpha value is -1.04. The quantitative estimate of drug-likeness (QED) is 0.872. The third-order valence-corrected chi connectivity index (χ3v) is 5.57. The van der Waals surface area contributed by atoms with Crippen molar-refractivity contribution in [2.75, 3.05) is 23.4 Å². The molecule has 2 rings (SSSR count). The molecule has 1 aromatic heterocycles. The summed E-state index contributed by atoms with van der Waals surface area (Å²) in [6.45, 7) is 8.12. The van der Waals surface area contributed by atoms with E-state index in [-0.39, 0.29) is 5.92 Å². The van der Waals surface area contributed by atoms with Crippen molar-refractivity contribution in [3.05, 3.63) is 11.9 Å². The van der Waals surface area contributed by atoms with Crippen LogP contribution in [0.5, 0.6) is 0 Å². The van der Waals surface area contributed by atoms with Crippen LogP contribution in [-0.4, -0.2) is 36.2 Å². The fourth-order valence-electron chi connectivity index (χ4n) is 2.72. The number of nitrogens with one attached hydrogen (secondary N) is 1. The molecular formula is C14H25N3O2S. The summed E-state index contributed by atoms with van der Waals surface area (Å²) >= 11 is 0. The van der Waals surface area contributed by atoms with E-state index < -0.39 is 9.84 Å². The Morgan fingerprint density at radius 1 is 1.50 bits per heavy atom. The van der Waals surface area contributed by atoms with Crippen LogP contribution in [0.3, 0.4) is 0 Å². The molecule has 0 unspecified atom stereocenters. The zero-order valence-corrected chi connectivity index (χ0v) is 13.4. The average Bonchev–Trinajstić information content (AvgIpc) is 2.89. The number of rotatable bonds is 6. The van der Waals surface area contributed by atoms with Gasteiger partial charge in [-0.15, -0.1) is 0 Å². The van der Waals surface area contributed by atoms with Crippen LogP contribution in [0.15, 0.2) is 6.20 Å². The van der Waals surface area contributed by atoms with Crippen molar-refractivity contribution in [3.63, 3.8) is 0 Å². The van der Waals surface area contributed by atoms with Gasteiger partial charge in [0.25, 0.3) is 0 Å². The second-order valence-corrected chi connectivity index (χ2v) is 8.31. The summed E-state index contributed by atoms with van der Waals surface area (Å²) < 4.78 is 25.0. The average molecular weight is 299 g/mol. The minimum Gasteiger partial charge on any atom is -0.382 e. The van der Waals surface area contributed by atoms with Crippen LogP contribution < -0.4 is 5.32 Å². The van der Waals surface area contributed by atoms with Crippen molar-refractivity contribution in [1.29, 1.82) is 0 Å². The molecule has 1 N–H and O–H groups in total. The standard InChI is InChI=1S/C14H25N3O2S/c1-4-14-13(8-16-17(14)9-11(2)3)15-7-12-5-6-20(18,19)10-12/h8,11-12,15H,4-7,9-10H2,1-3H3/t12-/m1/s1. The largest absolute Gasteiger partial charge is 0.382 e. The van der Waals surface area contributed by atoms with Crippen LogP contribution in [0.2, 0.25) is 0 Å². The first-order valence-corrected chi connectivity index (χ1v) is 9.22. The maximum absolute atomic E-state index is 11.5. The first kappa shape index (κ1) is 15.4. The van der Waals surface area contributed by atoms with Gasteiger partial charge in [0.2, 0.25) is 0 Å². The predicted molar refractivity (Wildman–Crippen MR) is 81.7 cm³/mol. The molecule has 114 valence electrons. The number of hydrogen-bond donors (Lipinski definition) is 1. The summed E-state index contributed by atoms with van der Waals surface area (Å²) in [6.07, 6.45) is 3.57. The van der Waals surface area contributed by atoms with Gasteiger partial charge in [-0.05, 0) is 24.7 Å². The molecular weight excluding hydrogens is 274 g/mol. The van der Waals surface area contributed by atoms with Crippen LogP contribution in [0, 0.1) is 11.8 Å². The monoisotopic (exact) mass is 299 g/mol. The highest BCUT2D eigenvalue weighted by Crippen LogP contribution is 2.21. The highest BCUT2D eigenvalue weighted by molar-refractivity contribution is 7.91. The van der Waals surface area contributed by atoms with Gasteiger partial charge in [0.05, 0.1) is 29.1 Å². The summed E-state index contributed by atoms with van der Waals surface area (Å²) in [5.74, 6) is 1.46. The molecule has 0 amide bonds. The van der Waals surface area contributed by atoms with Crippen LogP contribution in [-0.2, 0) is 22.8 Å². The normalized spacial score (nSPS) is 21.5. The molecule has 1 fully saturated rings. The molecule has 0 bridgehead atoms. The van der Waals surface area contributed by atoms with Crippen molar-refractivity contribution in [1.82, 2.24) is 9.78 Å². The van der Waals surface area contributed by atoms with Crippen LogP contribution in [0.25, 0.3) is 0 Å². The van der Waals surface area contributed by atoms with Gasteiger partial charge >= 0.3 is 0 Å². The van der Waals surface area contributed by atoms with Crippen molar-refractivity contribution in [2.24, 2.45) is 11.8 Å². The Morgan fingerprint density at radius 2 is 2.25 bits per heavy atom. The van der Waals surface area contributed by atoms with Crippen molar-refractivity contribution >= 4 is 15.5 Å². The third-order valence-electron chi connectivity index (χ3n) is 3.73. The molecule has 0 saturated carbocycles. The Balaban J connectivity index is 1.98. The van der Waals surface area contributed by atoms with E-state index in [1.54, 1.807) is 0 Å². The first-order chi connectivity index (χ1) is 9.41. The van der Waals surface area contributed by atoms with Gasteiger partial charge in [-0.3, -0.25) is 4.68 Å². The highest BCUT2D eigenvalue weighted by Gasteiger charge is 2.27. The molecule has 1 atom stereocenters. The Bertz CT molecular complexity index is 549. The molecule has 0 radical (unpaired) electrons. The van der Waals surface area contributed by atoms with Gasteiger partial charge in [-0.1, -0.05) is 20.8 Å². The summed E-state index contributed by atoms with van der Waals surface area (Å²) in [4.78, 5) is 0. The minimum absolute atomic E-state index is 0.234. The van der Waals surface area contributed by atoms with E-state index in [1.165, 1.54) is 5.69 Å². The maximum atomic E-state index is 11.5. The summed E-state index contributed by atoms with van der Waals surface area (Å²) in [5.41, 5.74) is 2.26. The second-order valence-electron chi connectivity index (χ2n) is 6.08. The van der Waals surface area contributed by atoms with Gasteiger partial charge in [-0.25, -0.2) is 8.42 Å². The van der Waals surface area contributed by atoms with Gasteiger partial charge in [0.15, 0.2) is 9.84 Å². The van der Waals surface area contributed by atoms with E-state index in [1.807, 2.05) is 6.20 Å². The topological polar surface area (TPSA) is 64.0 Å². The second kappa shape index (κ2) is 6.16. The van der Waals surface area contributed by atoms with Crippen LogP contribution in [0.4, 0.5) is 5.69 Å². The number of aromatic nitrogens is 2. The van der Waals surface area contributed by atoms with Crippen molar-refractivity contribution in [3.8, 4) is 0 Å². The van der Waals surface area contributed by atoms with Crippen molar-refractivity contribution in [2.45, 2.75) is 40.2 Å². The lowest BCUT2D eigenvalue weighted by Gasteiger charge is -2.13. The van der Waals surface area contributed by atoms with Gasteiger partial charge < -0.3 is 5.32 Å². The minimum atomic E-state index is -2.79. The molecule has 5 nitrogen and oxygen atoms in total. The van der Waals surface area contributed by atoms with E-state index in [0.29, 0.717) is 17.4 Å². The fourth-order valence-corrected chi connectivity index (χ4v) is 4.58. The number of hydrogen-bond acceptors (Lipinski definition) is 4. The zero-order chi connectivity index (χ0) is 14.8. The fraction of sp³-hybridized carbons (Fsp3) is 0.786. The van der Waals surface area contributed by atoms with Crippen LogP contribution in [0.1, 0.15) is 32.9 Å². The SMILES string of the molecule is CCc1c(NC[C@H]2CCS(=O)(=O)C2)cnn1CC(C)C. The lowest BCUT2D eigenvalue weighted by molar-refractivity contribution is 0.470. The van der Waals surface area contributed by atoms with Gasteiger partial charge in [0, 0.05) is 13.1 Å². The Labute approximate surface area is 121 Å². The van der Waals surface area contributed by atoms with E-state index in [2.05, 4.69) is 35.9 Å². The molecule has 0 spiro atoms. The predicted octanol–water partition coefficient (Wildman–Crippen LogP) is 1.95.